The highest BCUT2D eigenvalue weighted by Gasteiger charge is 2.43. The van der Waals surface area contributed by atoms with E-state index in [2.05, 4.69) is 10.0 Å². The van der Waals surface area contributed by atoms with Gasteiger partial charge >= 0.3 is 5.69 Å². The molecule has 19 heavy (non-hydrogen) atoms. The van der Waals surface area contributed by atoms with Crippen molar-refractivity contribution in [3.05, 3.63) is 43.5 Å². The first-order chi connectivity index (χ1) is 9.04. The molecule has 1 fully saturated rings. The molecule has 4 atom stereocenters. The number of ether oxygens (including phenoxy) is 1. The molecule has 0 bridgehead atoms. The minimum absolute atomic E-state index is 0.177. The molecule has 0 aromatic carbocycles. The van der Waals surface area contributed by atoms with Crippen LogP contribution in [0.4, 0.5) is 0 Å². The lowest BCUT2D eigenvalue weighted by Gasteiger charge is -2.16. The Hall–Kier alpha value is -2.13. The minimum atomic E-state index is -1.37. The fraction of sp³-hybridized carbons (Fsp3) is 0.556. The first kappa shape index (κ1) is 13.3. The van der Waals surface area contributed by atoms with Crippen molar-refractivity contribution in [2.75, 3.05) is 6.54 Å². The lowest BCUT2D eigenvalue weighted by Crippen LogP contribution is -2.37. The molecule has 0 amide bonds. The van der Waals surface area contributed by atoms with Gasteiger partial charge in [0, 0.05) is 17.2 Å². The molecule has 10 heteroatoms. The summed E-state index contributed by atoms with van der Waals surface area (Å²) < 4.78 is 6.22. The van der Waals surface area contributed by atoms with Crippen molar-refractivity contribution >= 4 is 0 Å². The molecule has 10 nitrogen and oxygen atoms in total. The Bertz CT molecular complexity index is 618. The molecule has 2 rings (SSSR count). The second-order valence-corrected chi connectivity index (χ2v) is 3.98. The van der Waals surface area contributed by atoms with E-state index in [-0.39, 0.29) is 6.54 Å². The molecule has 1 unspecified atom stereocenters. The Morgan fingerprint density at radius 3 is 2.84 bits per heavy atom. The highest BCUT2D eigenvalue weighted by atomic mass is 16.6. The summed E-state index contributed by atoms with van der Waals surface area (Å²) in [6.07, 6.45) is -3.60. The average molecular weight is 269 g/mol. The summed E-state index contributed by atoms with van der Waals surface area (Å²) in [5.41, 5.74) is 6.85. The van der Waals surface area contributed by atoms with Crippen LogP contribution in [0.25, 0.3) is 10.4 Å². The van der Waals surface area contributed by atoms with E-state index in [1.165, 1.54) is 0 Å². The zero-order valence-electron chi connectivity index (χ0n) is 9.58. The minimum Gasteiger partial charge on any atom is -0.388 e. The van der Waals surface area contributed by atoms with E-state index < -0.39 is 35.8 Å². The monoisotopic (exact) mass is 269 g/mol. The molecule has 0 radical (unpaired) electrons. The number of rotatable bonds is 3. The van der Waals surface area contributed by atoms with E-state index in [1.807, 2.05) is 4.98 Å². The van der Waals surface area contributed by atoms with Gasteiger partial charge in [-0.2, -0.15) is 0 Å². The number of H-pyrrole nitrogens is 1. The molecule has 2 heterocycles. The summed E-state index contributed by atoms with van der Waals surface area (Å²) in [7, 11) is 0. The van der Waals surface area contributed by atoms with Crippen molar-refractivity contribution in [3.8, 4) is 0 Å². The van der Waals surface area contributed by atoms with Gasteiger partial charge in [-0.15, -0.1) is 0 Å². The fourth-order valence-electron chi connectivity index (χ4n) is 1.85. The number of aliphatic hydroxyl groups excluding tert-OH is 2. The summed E-state index contributed by atoms with van der Waals surface area (Å²) in [6, 6.07) is 1.09. The van der Waals surface area contributed by atoms with Gasteiger partial charge in [-0.1, -0.05) is 5.11 Å². The Labute approximate surface area is 105 Å². The van der Waals surface area contributed by atoms with Crippen LogP contribution in [-0.4, -0.2) is 44.6 Å². The third-order valence-electron chi connectivity index (χ3n) is 2.79. The summed E-state index contributed by atoms with van der Waals surface area (Å²) in [4.78, 5) is 27.0. The van der Waals surface area contributed by atoms with Crippen LogP contribution in [0.15, 0.2) is 27.0 Å². The van der Waals surface area contributed by atoms with Crippen LogP contribution >= 0.6 is 0 Å². The van der Waals surface area contributed by atoms with Crippen LogP contribution in [0.5, 0.6) is 0 Å². The summed E-state index contributed by atoms with van der Waals surface area (Å²) in [6.45, 7) is -0.177. The van der Waals surface area contributed by atoms with Crippen molar-refractivity contribution in [1.29, 1.82) is 0 Å². The molecular formula is C9H11N5O5. The Kier molecular flexibility index (Phi) is 3.67. The van der Waals surface area contributed by atoms with Crippen molar-refractivity contribution < 1.29 is 14.9 Å². The number of aliphatic hydroxyl groups is 2. The molecule has 0 aliphatic carbocycles. The molecule has 0 saturated carbocycles. The quantitative estimate of drug-likeness (QED) is 0.345. The topological polar surface area (TPSA) is 153 Å². The number of nitrogens with one attached hydrogen (secondary N) is 1. The predicted molar refractivity (Wildman–Crippen MR) is 61.3 cm³/mol. The van der Waals surface area contributed by atoms with Gasteiger partial charge in [-0.3, -0.25) is 14.3 Å². The zero-order chi connectivity index (χ0) is 14.0. The number of hydrogen-bond donors (Lipinski definition) is 3. The average Bonchev–Trinajstić information content (AvgIpc) is 2.64. The van der Waals surface area contributed by atoms with Crippen LogP contribution in [0.2, 0.25) is 0 Å². The van der Waals surface area contributed by atoms with E-state index in [4.69, 9.17) is 10.3 Å². The van der Waals surface area contributed by atoms with E-state index >= 15 is 0 Å². The van der Waals surface area contributed by atoms with E-state index in [0.29, 0.717) is 0 Å². The molecule has 1 saturated heterocycles. The first-order valence-electron chi connectivity index (χ1n) is 5.38. The van der Waals surface area contributed by atoms with Gasteiger partial charge in [0.2, 0.25) is 0 Å². The largest absolute Gasteiger partial charge is 0.388 e. The standard InChI is InChI=1S/C9H11N5O5/c10-13-11-3-4-6(16)7(17)8(19-4)14-2-1-5(15)12-9(14)18/h1-2,4,6-8,16-17H,3H2,(H,12,15,18)/t4-,6+,7?,8-/m1/s1. The number of nitrogens with zero attached hydrogens (tertiary/aromatic N) is 4. The summed E-state index contributed by atoms with van der Waals surface area (Å²) in [5.74, 6) is 0. The van der Waals surface area contributed by atoms with Crippen molar-refractivity contribution in [1.82, 2.24) is 9.55 Å². The first-order valence-corrected chi connectivity index (χ1v) is 5.38. The molecule has 1 aliphatic rings. The predicted octanol–water partition coefficient (Wildman–Crippen LogP) is -1.53. The van der Waals surface area contributed by atoms with E-state index in [1.54, 1.807) is 0 Å². The van der Waals surface area contributed by atoms with Crippen molar-refractivity contribution in [2.45, 2.75) is 24.5 Å². The van der Waals surface area contributed by atoms with E-state index in [0.717, 1.165) is 16.8 Å². The normalized spacial score (nSPS) is 30.0. The molecule has 1 aromatic rings. The smallest absolute Gasteiger partial charge is 0.330 e. The van der Waals surface area contributed by atoms with Gasteiger partial charge in [0.05, 0.1) is 12.6 Å². The molecule has 0 spiro atoms. The van der Waals surface area contributed by atoms with Gasteiger partial charge in [-0.05, 0) is 5.53 Å². The number of aromatic nitrogens is 2. The Morgan fingerprint density at radius 1 is 1.47 bits per heavy atom. The lowest BCUT2D eigenvalue weighted by molar-refractivity contribution is -0.0372. The van der Waals surface area contributed by atoms with Gasteiger partial charge in [-0.25, -0.2) is 4.79 Å². The van der Waals surface area contributed by atoms with Crippen LogP contribution < -0.4 is 11.2 Å². The maximum Gasteiger partial charge on any atom is 0.330 e. The number of azide groups is 1. The third-order valence-corrected chi connectivity index (χ3v) is 2.79. The van der Waals surface area contributed by atoms with Crippen LogP contribution in [0.1, 0.15) is 6.23 Å². The second-order valence-electron chi connectivity index (χ2n) is 3.98. The highest BCUT2D eigenvalue weighted by Crippen LogP contribution is 2.28. The molecule has 102 valence electrons. The van der Waals surface area contributed by atoms with Crippen molar-refractivity contribution in [2.24, 2.45) is 5.11 Å². The van der Waals surface area contributed by atoms with Gasteiger partial charge < -0.3 is 14.9 Å². The van der Waals surface area contributed by atoms with Gasteiger partial charge in [0.1, 0.15) is 12.2 Å². The zero-order valence-corrected chi connectivity index (χ0v) is 9.58. The number of hydrogen-bond acceptors (Lipinski definition) is 6. The van der Waals surface area contributed by atoms with Gasteiger partial charge in [0.15, 0.2) is 6.23 Å². The molecular weight excluding hydrogens is 258 g/mol. The SMILES string of the molecule is [N-]=[N+]=NC[C@H]1O[C@@H](n2ccc(=O)[nH]c2=O)C(O)[C@H]1O. The molecule has 3 N–H and O–H groups in total. The molecule has 1 aliphatic heterocycles. The van der Waals surface area contributed by atoms with Crippen LogP contribution in [0.3, 0.4) is 0 Å². The maximum atomic E-state index is 11.6. The highest BCUT2D eigenvalue weighted by molar-refractivity contribution is 4.93. The van der Waals surface area contributed by atoms with Gasteiger partial charge in [0.25, 0.3) is 5.56 Å². The van der Waals surface area contributed by atoms with Crippen LogP contribution in [0, 0.1) is 0 Å². The van der Waals surface area contributed by atoms with Crippen LogP contribution in [-0.2, 0) is 4.74 Å². The summed E-state index contributed by atoms with van der Waals surface area (Å²) in [5, 5.41) is 22.8. The lowest BCUT2D eigenvalue weighted by atomic mass is 10.1. The number of aromatic amines is 1. The Balaban J connectivity index is 2.28. The summed E-state index contributed by atoms with van der Waals surface area (Å²) >= 11 is 0. The second kappa shape index (κ2) is 5.24. The Morgan fingerprint density at radius 2 is 2.21 bits per heavy atom. The maximum absolute atomic E-state index is 11.6. The third kappa shape index (κ3) is 2.51. The van der Waals surface area contributed by atoms with Crippen molar-refractivity contribution in [3.63, 3.8) is 0 Å². The van der Waals surface area contributed by atoms with E-state index in [9.17, 15) is 19.8 Å². The molecule has 1 aromatic heterocycles. The fourth-order valence-corrected chi connectivity index (χ4v) is 1.85.